The molecule has 0 aromatic carbocycles. The average molecular weight is 440 g/mol. The zero-order valence-corrected chi connectivity index (χ0v) is 18.1. The van der Waals surface area contributed by atoms with Crippen molar-refractivity contribution >= 4 is 41.1 Å². The fourth-order valence-electron chi connectivity index (χ4n) is 2.88. The van der Waals surface area contributed by atoms with E-state index in [0.717, 1.165) is 25.6 Å². The number of fused-ring (bicyclic) bond motifs is 1. The van der Waals surface area contributed by atoms with Crippen LogP contribution in [0.1, 0.15) is 16.8 Å². The van der Waals surface area contributed by atoms with Crippen molar-refractivity contribution < 1.29 is 9.53 Å². The number of carbonyl (C=O) groups excluding carboxylic acids is 1. The van der Waals surface area contributed by atoms with Gasteiger partial charge in [-0.05, 0) is 34.9 Å². The van der Waals surface area contributed by atoms with Gasteiger partial charge < -0.3 is 19.9 Å². The molecule has 1 aliphatic heterocycles. The number of hydrogen-bond acceptors (Lipinski definition) is 5. The van der Waals surface area contributed by atoms with E-state index in [4.69, 9.17) is 4.74 Å². The molecule has 1 amide bonds. The second-order valence-electron chi connectivity index (χ2n) is 7.89. The third-order valence-electron chi connectivity index (χ3n) is 4.40. The molecule has 1 saturated heterocycles. The fraction of sp³-hybridized carbons (Fsp3) is 0.588. The largest absolute Gasteiger partial charge is 0.361 e. The number of ether oxygens (including phenoxy) is 1. The van der Waals surface area contributed by atoms with Crippen LogP contribution in [-0.4, -0.2) is 54.3 Å². The summed E-state index contributed by atoms with van der Waals surface area (Å²) in [7, 11) is -1.13. The Morgan fingerprint density at radius 3 is 3.00 bits per heavy atom. The van der Waals surface area contributed by atoms with Crippen molar-refractivity contribution in [3.05, 3.63) is 22.6 Å². The van der Waals surface area contributed by atoms with Gasteiger partial charge in [-0.2, -0.15) is 0 Å². The van der Waals surface area contributed by atoms with Gasteiger partial charge in [0, 0.05) is 33.5 Å². The van der Waals surface area contributed by atoms with Crippen molar-refractivity contribution in [3.8, 4) is 0 Å². The summed E-state index contributed by atoms with van der Waals surface area (Å²) in [6.07, 6.45) is 4.38. The van der Waals surface area contributed by atoms with Crippen LogP contribution >= 0.6 is 15.9 Å². The van der Waals surface area contributed by atoms with Crippen LogP contribution in [0.25, 0.3) is 11.2 Å². The Labute approximate surface area is 163 Å². The SMILES string of the molecule is C[Si](C)(C)CCOCn1cc(C(=O)N[C@@H]2CCNC2)c2nc(Br)cnc21. The van der Waals surface area contributed by atoms with E-state index in [0.29, 0.717) is 34.7 Å². The van der Waals surface area contributed by atoms with E-state index in [9.17, 15) is 4.79 Å². The summed E-state index contributed by atoms with van der Waals surface area (Å²) in [4.78, 5) is 21.6. The summed E-state index contributed by atoms with van der Waals surface area (Å²) in [6, 6.07) is 1.26. The maximum Gasteiger partial charge on any atom is 0.255 e. The number of carbonyl (C=O) groups is 1. The van der Waals surface area contributed by atoms with Crippen LogP contribution in [0.15, 0.2) is 17.0 Å². The first-order valence-electron chi connectivity index (χ1n) is 8.94. The minimum Gasteiger partial charge on any atom is -0.361 e. The van der Waals surface area contributed by atoms with Crippen LogP contribution in [0.3, 0.4) is 0 Å². The number of rotatable bonds is 7. The predicted molar refractivity (Wildman–Crippen MR) is 108 cm³/mol. The summed E-state index contributed by atoms with van der Waals surface area (Å²) < 4.78 is 8.31. The molecular weight excluding hydrogens is 414 g/mol. The third kappa shape index (κ3) is 4.90. The quantitative estimate of drug-likeness (QED) is 0.511. The highest BCUT2D eigenvalue weighted by molar-refractivity contribution is 9.10. The van der Waals surface area contributed by atoms with Gasteiger partial charge >= 0.3 is 0 Å². The molecule has 2 aromatic heterocycles. The summed E-state index contributed by atoms with van der Waals surface area (Å²) in [6.45, 7) is 9.80. The maximum atomic E-state index is 12.7. The molecule has 0 radical (unpaired) electrons. The number of nitrogens with zero attached hydrogens (tertiary/aromatic N) is 3. The first-order chi connectivity index (χ1) is 12.3. The van der Waals surface area contributed by atoms with Gasteiger partial charge in [-0.1, -0.05) is 19.6 Å². The van der Waals surface area contributed by atoms with Gasteiger partial charge in [-0.3, -0.25) is 4.79 Å². The van der Waals surface area contributed by atoms with Crippen LogP contribution in [0, 0.1) is 0 Å². The minimum absolute atomic E-state index is 0.114. The molecule has 9 heteroatoms. The monoisotopic (exact) mass is 439 g/mol. The smallest absolute Gasteiger partial charge is 0.255 e. The molecule has 1 aliphatic rings. The van der Waals surface area contributed by atoms with Crippen molar-refractivity contribution in [2.75, 3.05) is 19.7 Å². The van der Waals surface area contributed by atoms with Gasteiger partial charge in [0.25, 0.3) is 5.91 Å². The molecule has 3 rings (SSSR count). The van der Waals surface area contributed by atoms with Crippen molar-refractivity contribution in [2.45, 2.75) is 44.9 Å². The molecular formula is C17H26BrN5O2Si. The van der Waals surface area contributed by atoms with E-state index in [-0.39, 0.29) is 11.9 Å². The number of amides is 1. The van der Waals surface area contributed by atoms with Gasteiger partial charge in [-0.15, -0.1) is 0 Å². The Morgan fingerprint density at radius 1 is 1.50 bits per heavy atom. The lowest BCUT2D eigenvalue weighted by molar-refractivity contribution is 0.0890. The Hall–Kier alpha value is -1.29. The highest BCUT2D eigenvalue weighted by atomic mass is 79.9. The van der Waals surface area contributed by atoms with E-state index >= 15 is 0 Å². The van der Waals surface area contributed by atoms with Crippen molar-refractivity contribution in [2.24, 2.45) is 0 Å². The lowest BCUT2D eigenvalue weighted by Gasteiger charge is -2.15. The highest BCUT2D eigenvalue weighted by Gasteiger charge is 2.22. The van der Waals surface area contributed by atoms with Gasteiger partial charge in [0.1, 0.15) is 16.9 Å². The second-order valence-corrected chi connectivity index (χ2v) is 14.3. The number of aromatic nitrogens is 3. The summed E-state index contributed by atoms with van der Waals surface area (Å²) >= 11 is 3.35. The molecule has 7 nitrogen and oxygen atoms in total. The summed E-state index contributed by atoms with van der Waals surface area (Å²) in [5.74, 6) is -0.114. The van der Waals surface area contributed by atoms with Crippen LogP contribution in [0.4, 0.5) is 0 Å². The molecule has 2 aromatic rings. The second kappa shape index (κ2) is 8.16. The molecule has 0 bridgehead atoms. The lowest BCUT2D eigenvalue weighted by Crippen LogP contribution is -2.36. The van der Waals surface area contributed by atoms with Gasteiger partial charge in [0.2, 0.25) is 0 Å². The molecule has 1 atom stereocenters. The maximum absolute atomic E-state index is 12.7. The highest BCUT2D eigenvalue weighted by Crippen LogP contribution is 2.21. The number of nitrogens with one attached hydrogen (secondary N) is 2. The normalized spacial score (nSPS) is 17.8. The lowest BCUT2D eigenvalue weighted by atomic mass is 10.2. The Bertz CT molecular complexity index is 783. The molecule has 3 heterocycles. The van der Waals surface area contributed by atoms with E-state index in [1.54, 1.807) is 12.4 Å². The molecule has 26 heavy (non-hydrogen) atoms. The first-order valence-corrected chi connectivity index (χ1v) is 13.4. The predicted octanol–water partition coefficient (Wildman–Crippen LogP) is 2.60. The standard InChI is InChI=1S/C17H26BrN5O2Si/c1-26(2,3)7-6-25-11-23-10-13(15-16(23)20-9-14(18)22-15)17(24)21-12-4-5-19-8-12/h9-10,12,19H,4-8,11H2,1-3H3,(H,21,24)/t12-/m1/s1. The molecule has 0 unspecified atom stereocenters. The summed E-state index contributed by atoms with van der Waals surface area (Å²) in [5, 5.41) is 6.33. The Kier molecular flexibility index (Phi) is 6.11. The Balaban J connectivity index is 1.77. The van der Waals surface area contributed by atoms with Crippen LogP contribution in [-0.2, 0) is 11.5 Å². The summed E-state index contributed by atoms with van der Waals surface area (Å²) in [5.41, 5.74) is 1.79. The van der Waals surface area contributed by atoms with Gasteiger partial charge in [0.15, 0.2) is 5.65 Å². The van der Waals surface area contributed by atoms with E-state index in [2.05, 4.69) is 56.2 Å². The first kappa shape index (κ1) is 19.5. The van der Waals surface area contributed by atoms with Gasteiger partial charge in [-0.25, -0.2) is 9.97 Å². The van der Waals surface area contributed by atoms with Crippen molar-refractivity contribution in [1.29, 1.82) is 0 Å². The fourth-order valence-corrected chi connectivity index (χ4v) is 3.91. The molecule has 0 spiro atoms. The zero-order valence-electron chi connectivity index (χ0n) is 15.5. The topological polar surface area (TPSA) is 81.1 Å². The third-order valence-corrected chi connectivity index (χ3v) is 6.49. The molecule has 0 aliphatic carbocycles. The van der Waals surface area contributed by atoms with E-state index in [1.807, 2.05) is 4.57 Å². The average Bonchev–Trinajstić information content (AvgIpc) is 3.18. The Morgan fingerprint density at radius 2 is 2.31 bits per heavy atom. The van der Waals surface area contributed by atoms with Crippen molar-refractivity contribution in [1.82, 2.24) is 25.2 Å². The zero-order chi connectivity index (χ0) is 18.7. The van der Waals surface area contributed by atoms with Crippen LogP contribution in [0.2, 0.25) is 25.7 Å². The van der Waals surface area contributed by atoms with Gasteiger partial charge in [0.05, 0.1) is 11.8 Å². The molecule has 2 N–H and O–H groups in total. The molecule has 0 saturated carbocycles. The number of hydrogen-bond donors (Lipinski definition) is 2. The van der Waals surface area contributed by atoms with Crippen LogP contribution < -0.4 is 10.6 Å². The van der Waals surface area contributed by atoms with E-state index < -0.39 is 8.07 Å². The van der Waals surface area contributed by atoms with E-state index in [1.165, 1.54) is 0 Å². The molecule has 1 fully saturated rings. The van der Waals surface area contributed by atoms with Crippen molar-refractivity contribution in [3.63, 3.8) is 0 Å². The van der Waals surface area contributed by atoms with Crippen LogP contribution in [0.5, 0.6) is 0 Å². The number of halogens is 1. The minimum atomic E-state index is -1.13. The molecule has 142 valence electrons.